The van der Waals surface area contributed by atoms with Gasteiger partial charge in [-0.25, -0.2) is 0 Å². The summed E-state index contributed by atoms with van der Waals surface area (Å²) in [5.41, 5.74) is 0. The molecule has 0 bridgehead atoms. The predicted octanol–water partition coefficient (Wildman–Crippen LogP) is 0.601. The van der Waals surface area contributed by atoms with Gasteiger partial charge in [0.15, 0.2) is 0 Å². The first kappa shape index (κ1) is 14.0. The number of amides is 1. The Kier molecular flexibility index (Phi) is 5.41. The third kappa shape index (κ3) is 4.34. The number of hydrogen-bond donors (Lipinski definition) is 3. The van der Waals surface area contributed by atoms with E-state index in [0.29, 0.717) is 12.5 Å². The fraction of sp³-hybridized carbons (Fsp3) is 0.833. The second-order valence-corrected chi connectivity index (χ2v) is 4.82. The van der Waals surface area contributed by atoms with E-state index in [2.05, 4.69) is 17.6 Å². The quantitative estimate of drug-likeness (QED) is 0.637. The second-order valence-electron chi connectivity index (χ2n) is 4.82. The van der Waals surface area contributed by atoms with Crippen LogP contribution in [0, 0.1) is 11.8 Å². The van der Waals surface area contributed by atoms with Crippen molar-refractivity contribution < 1.29 is 14.7 Å². The van der Waals surface area contributed by atoms with E-state index >= 15 is 0 Å². The number of hydrogen-bond acceptors (Lipinski definition) is 3. The van der Waals surface area contributed by atoms with Crippen molar-refractivity contribution in [1.29, 1.82) is 0 Å². The molecule has 1 amide bonds. The number of rotatable bonds is 6. The molecule has 0 aromatic rings. The molecule has 5 heteroatoms. The molecule has 3 atom stereocenters. The topological polar surface area (TPSA) is 78.4 Å². The summed E-state index contributed by atoms with van der Waals surface area (Å²) in [6.45, 7) is 5.33. The maximum absolute atomic E-state index is 11.8. The lowest BCUT2D eigenvalue weighted by atomic mass is 10.0. The summed E-state index contributed by atoms with van der Waals surface area (Å²) in [7, 11) is 0. The van der Waals surface area contributed by atoms with Crippen molar-refractivity contribution in [1.82, 2.24) is 10.6 Å². The average molecular weight is 242 g/mol. The van der Waals surface area contributed by atoms with Crippen LogP contribution in [0.3, 0.4) is 0 Å². The molecule has 0 saturated carbocycles. The van der Waals surface area contributed by atoms with Crippen LogP contribution in [0.5, 0.6) is 0 Å². The maximum Gasteiger partial charge on any atom is 0.303 e. The van der Waals surface area contributed by atoms with Gasteiger partial charge in [-0.15, -0.1) is 0 Å². The van der Waals surface area contributed by atoms with Gasteiger partial charge in [-0.1, -0.05) is 20.3 Å². The summed E-state index contributed by atoms with van der Waals surface area (Å²) in [4.78, 5) is 22.4. The highest BCUT2D eigenvalue weighted by atomic mass is 16.4. The maximum atomic E-state index is 11.8. The van der Waals surface area contributed by atoms with Crippen molar-refractivity contribution in [2.24, 2.45) is 11.8 Å². The molecular weight excluding hydrogens is 220 g/mol. The van der Waals surface area contributed by atoms with Crippen LogP contribution in [0.15, 0.2) is 0 Å². The zero-order chi connectivity index (χ0) is 12.8. The molecule has 3 unspecified atom stereocenters. The number of carbonyl (C=O) groups is 2. The molecule has 1 aliphatic rings. The van der Waals surface area contributed by atoms with Gasteiger partial charge < -0.3 is 15.7 Å². The van der Waals surface area contributed by atoms with Gasteiger partial charge in [0.2, 0.25) is 5.91 Å². The van der Waals surface area contributed by atoms with Gasteiger partial charge in [0.05, 0.1) is 6.04 Å². The summed E-state index contributed by atoms with van der Waals surface area (Å²) in [6.07, 6.45) is 1.90. The minimum absolute atomic E-state index is 0.00108. The van der Waals surface area contributed by atoms with Crippen molar-refractivity contribution >= 4 is 11.9 Å². The Bertz CT molecular complexity index is 281. The minimum atomic E-state index is -0.807. The SMILES string of the molecule is CCC(CNC(=O)C1NCCC1C)CC(=O)O. The molecule has 1 heterocycles. The van der Waals surface area contributed by atoms with E-state index in [4.69, 9.17) is 5.11 Å². The van der Waals surface area contributed by atoms with Crippen LogP contribution >= 0.6 is 0 Å². The lowest BCUT2D eigenvalue weighted by Crippen LogP contribution is -2.44. The number of carboxylic acids is 1. The van der Waals surface area contributed by atoms with Crippen molar-refractivity contribution in [2.75, 3.05) is 13.1 Å². The molecule has 0 aromatic carbocycles. The van der Waals surface area contributed by atoms with Crippen molar-refractivity contribution in [3.05, 3.63) is 0 Å². The highest BCUT2D eigenvalue weighted by Crippen LogP contribution is 2.14. The number of carbonyl (C=O) groups excluding carboxylic acids is 1. The van der Waals surface area contributed by atoms with Crippen LogP contribution in [0.1, 0.15) is 33.1 Å². The fourth-order valence-corrected chi connectivity index (χ4v) is 2.15. The molecule has 1 saturated heterocycles. The first-order valence-electron chi connectivity index (χ1n) is 6.27. The van der Waals surface area contributed by atoms with Crippen molar-refractivity contribution in [3.8, 4) is 0 Å². The lowest BCUT2D eigenvalue weighted by Gasteiger charge is -2.18. The molecule has 0 spiro atoms. The first-order chi connectivity index (χ1) is 8.04. The Morgan fingerprint density at radius 2 is 2.24 bits per heavy atom. The average Bonchev–Trinajstić information content (AvgIpc) is 2.69. The third-order valence-electron chi connectivity index (χ3n) is 3.42. The fourth-order valence-electron chi connectivity index (χ4n) is 2.15. The lowest BCUT2D eigenvalue weighted by molar-refractivity contribution is -0.138. The monoisotopic (exact) mass is 242 g/mol. The van der Waals surface area contributed by atoms with Crippen LogP contribution in [0.2, 0.25) is 0 Å². The van der Waals surface area contributed by atoms with E-state index in [-0.39, 0.29) is 24.3 Å². The molecule has 1 rings (SSSR count). The van der Waals surface area contributed by atoms with Crippen molar-refractivity contribution in [2.45, 2.75) is 39.2 Å². The van der Waals surface area contributed by atoms with E-state index in [1.807, 2.05) is 6.92 Å². The summed E-state index contributed by atoms with van der Waals surface area (Å²) in [6, 6.07) is -0.114. The molecule has 1 fully saturated rings. The van der Waals surface area contributed by atoms with Crippen LogP contribution < -0.4 is 10.6 Å². The molecular formula is C12H22N2O3. The second kappa shape index (κ2) is 6.59. The van der Waals surface area contributed by atoms with Crippen LogP contribution in [-0.4, -0.2) is 36.1 Å². The van der Waals surface area contributed by atoms with Gasteiger partial charge in [0.1, 0.15) is 0 Å². The van der Waals surface area contributed by atoms with Crippen LogP contribution in [-0.2, 0) is 9.59 Å². The van der Waals surface area contributed by atoms with E-state index in [0.717, 1.165) is 19.4 Å². The zero-order valence-corrected chi connectivity index (χ0v) is 10.5. The van der Waals surface area contributed by atoms with E-state index in [9.17, 15) is 9.59 Å². The van der Waals surface area contributed by atoms with Gasteiger partial charge in [0.25, 0.3) is 0 Å². The Morgan fingerprint density at radius 3 is 2.71 bits per heavy atom. The Morgan fingerprint density at radius 1 is 1.53 bits per heavy atom. The molecule has 0 radical (unpaired) electrons. The Hall–Kier alpha value is -1.10. The van der Waals surface area contributed by atoms with Crippen molar-refractivity contribution in [3.63, 3.8) is 0 Å². The highest BCUT2D eigenvalue weighted by Gasteiger charge is 2.29. The molecule has 0 aliphatic carbocycles. The largest absolute Gasteiger partial charge is 0.481 e. The molecule has 0 aromatic heterocycles. The standard InChI is InChI=1S/C12H22N2O3/c1-3-9(6-10(15)16)7-14-12(17)11-8(2)4-5-13-11/h8-9,11,13H,3-7H2,1-2H3,(H,14,17)(H,15,16). The smallest absolute Gasteiger partial charge is 0.303 e. The van der Waals surface area contributed by atoms with E-state index < -0.39 is 5.97 Å². The van der Waals surface area contributed by atoms with E-state index in [1.165, 1.54) is 0 Å². The summed E-state index contributed by atoms with van der Waals surface area (Å²) >= 11 is 0. The third-order valence-corrected chi connectivity index (χ3v) is 3.42. The van der Waals surface area contributed by atoms with Gasteiger partial charge in [-0.05, 0) is 24.8 Å². The first-order valence-corrected chi connectivity index (χ1v) is 6.27. The molecule has 98 valence electrons. The predicted molar refractivity (Wildman–Crippen MR) is 64.6 cm³/mol. The minimum Gasteiger partial charge on any atom is -0.481 e. The summed E-state index contributed by atoms with van der Waals surface area (Å²) < 4.78 is 0. The van der Waals surface area contributed by atoms with Gasteiger partial charge >= 0.3 is 5.97 Å². The van der Waals surface area contributed by atoms with Gasteiger partial charge in [-0.3, -0.25) is 9.59 Å². The highest BCUT2D eigenvalue weighted by molar-refractivity contribution is 5.82. The molecule has 5 nitrogen and oxygen atoms in total. The zero-order valence-electron chi connectivity index (χ0n) is 10.5. The van der Waals surface area contributed by atoms with Crippen LogP contribution in [0.25, 0.3) is 0 Å². The number of nitrogens with one attached hydrogen (secondary N) is 2. The molecule has 1 aliphatic heterocycles. The molecule has 17 heavy (non-hydrogen) atoms. The molecule has 3 N–H and O–H groups in total. The number of aliphatic carboxylic acids is 1. The summed E-state index contributed by atoms with van der Waals surface area (Å²) in [5, 5.41) is 14.7. The Labute approximate surface area is 102 Å². The van der Waals surface area contributed by atoms with Crippen LogP contribution in [0.4, 0.5) is 0 Å². The van der Waals surface area contributed by atoms with Gasteiger partial charge in [0, 0.05) is 13.0 Å². The van der Waals surface area contributed by atoms with Gasteiger partial charge in [-0.2, -0.15) is 0 Å². The summed E-state index contributed by atoms with van der Waals surface area (Å²) in [5.74, 6) is -0.431. The van der Waals surface area contributed by atoms with E-state index in [1.54, 1.807) is 0 Å². The number of carboxylic acid groups (broad SMARTS) is 1. The normalized spacial score (nSPS) is 25.5. The Balaban J connectivity index is 2.33.